The minimum absolute atomic E-state index is 0.0247. The second kappa shape index (κ2) is 42.8. The lowest BCUT2D eigenvalue weighted by molar-refractivity contribution is -0.123. The van der Waals surface area contributed by atoms with Crippen LogP contribution in [0, 0.1) is 0 Å². The monoisotopic (exact) mass is 708 g/mol. The first kappa shape index (κ1) is 49.4. The Morgan fingerprint density at radius 2 is 0.640 bits per heavy atom. The molecule has 4 heteroatoms. The van der Waals surface area contributed by atoms with E-state index in [-0.39, 0.29) is 12.5 Å². The summed E-state index contributed by atoms with van der Waals surface area (Å²) in [5, 5.41) is 23.2. The van der Waals surface area contributed by atoms with Gasteiger partial charge < -0.3 is 15.5 Å². The highest BCUT2D eigenvalue weighted by Gasteiger charge is 2.20. The van der Waals surface area contributed by atoms with Crippen molar-refractivity contribution < 1.29 is 15.0 Å². The molecule has 0 spiro atoms. The summed E-state index contributed by atoms with van der Waals surface area (Å²) < 4.78 is 0. The fourth-order valence-electron chi connectivity index (χ4n) is 7.54. The number of carbonyl (C=O) groups excluding carboxylic acids is 1. The van der Waals surface area contributed by atoms with Gasteiger partial charge in [0.15, 0.2) is 0 Å². The minimum Gasteiger partial charge on any atom is -0.394 e. The molecule has 0 fully saturated rings. The Balaban J connectivity index is 3.45. The van der Waals surface area contributed by atoms with E-state index >= 15 is 0 Å². The number of nitrogens with one attached hydrogen (secondary N) is 1. The number of amides is 1. The van der Waals surface area contributed by atoms with E-state index in [1.165, 1.54) is 218 Å². The summed E-state index contributed by atoms with van der Waals surface area (Å²) in [6, 6.07) is -0.529. The number of unbranched alkanes of at least 4 members (excludes halogenated alkanes) is 36. The fraction of sp³-hybridized carbons (Fsp3) is 0.978. The molecular weight excluding hydrogens is 615 g/mol. The zero-order valence-corrected chi connectivity index (χ0v) is 34.4. The van der Waals surface area contributed by atoms with Crippen molar-refractivity contribution in [3.8, 4) is 0 Å². The fourth-order valence-corrected chi connectivity index (χ4v) is 7.54. The molecule has 0 aliphatic rings. The maximum atomic E-state index is 12.4. The summed E-state index contributed by atoms with van der Waals surface area (Å²) in [5.74, 6) is -0.0247. The molecule has 0 aliphatic heterocycles. The molecule has 0 saturated carbocycles. The lowest BCUT2D eigenvalue weighted by Crippen LogP contribution is -2.45. The van der Waals surface area contributed by atoms with Crippen molar-refractivity contribution in [3.05, 3.63) is 0 Å². The topological polar surface area (TPSA) is 69.6 Å². The lowest BCUT2D eigenvalue weighted by Gasteiger charge is -2.22. The quantitative estimate of drug-likeness (QED) is 0.0553. The van der Waals surface area contributed by atoms with Crippen LogP contribution in [0.15, 0.2) is 0 Å². The molecule has 4 nitrogen and oxygen atoms in total. The zero-order valence-electron chi connectivity index (χ0n) is 34.4. The van der Waals surface area contributed by atoms with Crippen molar-refractivity contribution in [2.75, 3.05) is 6.61 Å². The standard InChI is InChI=1S/C46H93NO3/c1-3-5-7-9-11-13-15-17-19-21-23-24-26-28-30-32-34-36-38-40-42-46(50)47-44(43-48)45(49)41-39-37-35-33-31-29-27-25-22-20-18-16-14-12-10-8-6-4-2/h44-45,48-49H,3-43H2,1-2H3,(H,47,50). The molecule has 300 valence electrons. The molecule has 0 rings (SSSR count). The van der Waals surface area contributed by atoms with Crippen LogP contribution in [0.5, 0.6) is 0 Å². The van der Waals surface area contributed by atoms with Gasteiger partial charge in [0.2, 0.25) is 5.91 Å². The molecule has 0 aromatic carbocycles. The molecule has 0 aromatic rings. The van der Waals surface area contributed by atoms with Crippen LogP contribution in [0.25, 0.3) is 0 Å². The molecule has 1 amide bonds. The van der Waals surface area contributed by atoms with E-state index in [4.69, 9.17) is 0 Å². The van der Waals surface area contributed by atoms with Crippen LogP contribution < -0.4 is 5.32 Å². The van der Waals surface area contributed by atoms with E-state index in [0.29, 0.717) is 12.8 Å². The van der Waals surface area contributed by atoms with E-state index in [1.807, 2.05) is 0 Å². The van der Waals surface area contributed by atoms with Crippen LogP contribution in [-0.2, 0) is 4.79 Å². The number of hydrogen-bond donors (Lipinski definition) is 3. The highest BCUT2D eigenvalue weighted by atomic mass is 16.3. The smallest absolute Gasteiger partial charge is 0.220 e. The molecular formula is C46H93NO3. The second-order valence-corrected chi connectivity index (χ2v) is 16.2. The van der Waals surface area contributed by atoms with Gasteiger partial charge in [-0.25, -0.2) is 0 Å². The Morgan fingerprint density at radius 3 is 0.900 bits per heavy atom. The van der Waals surface area contributed by atoms with Gasteiger partial charge in [0.1, 0.15) is 0 Å². The minimum atomic E-state index is -0.653. The number of aliphatic hydroxyl groups is 2. The van der Waals surface area contributed by atoms with E-state index in [2.05, 4.69) is 19.2 Å². The van der Waals surface area contributed by atoms with E-state index in [1.54, 1.807) is 0 Å². The predicted octanol–water partition coefficient (Wildman–Crippen LogP) is 14.5. The highest BCUT2D eigenvalue weighted by Crippen LogP contribution is 2.17. The Bertz CT molecular complexity index is 641. The summed E-state index contributed by atoms with van der Waals surface area (Å²) in [6.07, 6.45) is 51.9. The van der Waals surface area contributed by atoms with E-state index in [0.717, 1.165) is 25.7 Å². The molecule has 0 aromatic heterocycles. The molecule has 50 heavy (non-hydrogen) atoms. The number of rotatable bonds is 43. The Hall–Kier alpha value is -0.610. The molecule has 2 atom stereocenters. The van der Waals surface area contributed by atoms with Crippen molar-refractivity contribution in [1.29, 1.82) is 0 Å². The average Bonchev–Trinajstić information content (AvgIpc) is 3.12. The Morgan fingerprint density at radius 1 is 0.400 bits per heavy atom. The van der Waals surface area contributed by atoms with Crippen molar-refractivity contribution >= 4 is 5.91 Å². The molecule has 3 N–H and O–H groups in total. The molecule has 0 bridgehead atoms. The van der Waals surface area contributed by atoms with Gasteiger partial charge in [-0.15, -0.1) is 0 Å². The summed E-state index contributed by atoms with van der Waals surface area (Å²) in [4.78, 5) is 12.4. The first-order valence-corrected chi connectivity index (χ1v) is 23.2. The zero-order chi connectivity index (χ0) is 36.4. The molecule has 0 heterocycles. The van der Waals surface area contributed by atoms with Crippen LogP contribution in [0.2, 0.25) is 0 Å². The molecule has 2 unspecified atom stereocenters. The van der Waals surface area contributed by atoms with Gasteiger partial charge >= 0.3 is 0 Å². The van der Waals surface area contributed by atoms with Crippen molar-refractivity contribution in [2.45, 2.75) is 283 Å². The van der Waals surface area contributed by atoms with Crippen LogP contribution in [-0.4, -0.2) is 34.9 Å². The van der Waals surface area contributed by atoms with Crippen LogP contribution in [0.3, 0.4) is 0 Å². The normalized spacial score (nSPS) is 12.8. The van der Waals surface area contributed by atoms with Gasteiger partial charge in [-0.1, -0.05) is 251 Å². The van der Waals surface area contributed by atoms with Crippen molar-refractivity contribution in [3.63, 3.8) is 0 Å². The van der Waals surface area contributed by atoms with Crippen LogP contribution >= 0.6 is 0 Å². The van der Waals surface area contributed by atoms with Gasteiger partial charge in [-0.3, -0.25) is 4.79 Å². The van der Waals surface area contributed by atoms with Gasteiger partial charge in [0.25, 0.3) is 0 Å². The Labute approximate surface area is 314 Å². The summed E-state index contributed by atoms with van der Waals surface area (Å²) in [6.45, 7) is 4.39. The third-order valence-corrected chi connectivity index (χ3v) is 11.1. The van der Waals surface area contributed by atoms with Crippen molar-refractivity contribution in [1.82, 2.24) is 5.32 Å². The SMILES string of the molecule is CCCCCCCCCCCCCCCCCCCCCCC(=O)NC(CO)C(O)CCCCCCCCCCCCCCCCCCCC. The predicted molar refractivity (Wildman–Crippen MR) is 221 cm³/mol. The maximum Gasteiger partial charge on any atom is 0.220 e. The maximum absolute atomic E-state index is 12.4. The highest BCUT2D eigenvalue weighted by molar-refractivity contribution is 5.76. The number of carbonyl (C=O) groups is 1. The second-order valence-electron chi connectivity index (χ2n) is 16.2. The van der Waals surface area contributed by atoms with Crippen LogP contribution in [0.1, 0.15) is 271 Å². The van der Waals surface area contributed by atoms with Gasteiger partial charge in [-0.2, -0.15) is 0 Å². The van der Waals surface area contributed by atoms with Crippen LogP contribution in [0.4, 0.5) is 0 Å². The average molecular weight is 708 g/mol. The Kier molecular flexibility index (Phi) is 42.3. The summed E-state index contributed by atoms with van der Waals surface area (Å²) >= 11 is 0. The number of hydrogen-bond acceptors (Lipinski definition) is 3. The van der Waals surface area contributed by atoms with Gasteiger partial charge in [0.05, 0.1) is 18.8 Å². The third-order valence-electron chi connectivity index (χ3n) is 11.1. The van der Waals surface area contributed by atoms with E-state index in [9.17, 15) is 15.0 Å². The largest absolute Gasteiger partial charge is 0.394 e. The van der Waals surface area contributed by atoms with Gasteiger partial charge in [0, 0.05) is 6.42 Å². The van der Waals surface area contributed by atoms with Gasteiger partial charge in [-0.05, 0) is 12.8 Å². The summed E-state index contributed by atoms with van der Waals surface area (Å²) in [7, 11) is 0. The lowest BCUT2D eigenvalue weighted by atomic mass is 10.0. The molecule has 0 saturated heterocycles. The van der Waals surface area contributed by atoms with Crippen molar-refractivity contribution in [2.24, 2.45) is 0 Å². The summed E-state index contributed by atoms with van der Waals surface area (Å²) in [5.41, 5.74) is 0. The molecule has 0 radical (unpaired) electrons. The van der Waals surface area contributed by atoms with E-state index < -0.39 is 12.1 Å². The third kappa shape index (κ3) is 38.6. The first-order chi connectivity index (χ1) is 24.7. The molecule has 0 aliphatic carbocycles. The first-order valence-electron chi connectivity index (χ1n) is 23.2. The number of aliphatic hydroxyl groups excluding tert-OH is 2.